The highest BCUT2D eigenvalue weighted by Crippen LogP contribution is 2.31. The highest BCUT2D eigenvalue weighted by Gasteiger charge is 2.30. The third-order valence-corrected chi connectivity index (χ3v) is 4.52. The molecule has 2 fully saturated rings. The first-order valence-corrected chi connectivity index (χ1v) is 7.35. The summed E-state index contributed by atoms with van der Waals surface area (Å²) in [4.78, 5) is 5.24. The molecule has 1 heterocycles. The minimum absolute atomic E-state index is 0.803. The van der Waals surface area contributed by atoms with Gasteiger partial charge in [-0.25, -0.2) is 0 Å². The van der Waals surface area contributed by atoms with E-state index < -0.39 is 0 Å². The Morgan fingerprint density at radius 3 is 2.06 bits per heavy atom. The van der Waals surface area contributed by atoms with Gasteiger partial charge in [0.15, 0.2) is 0 Å². The molecule has 1 saturated carbocycles. The van der Waals surface area contributed by atoms with Crippen LogP contribution in [0.25, 0.3) is 0 Å². The number of rotatable bonds is 3. The second kappa shape index (κ2) is 6.17. The highest BCUT2D eigenvalue weighted by molar-refractivity contribution is 4.85. The molecule has 2 aliphatic rings. The smallest absolute Gasteiger partial charge is 0.0113 e. The van der Waals surface area contributed by atoms with Gasteiger partial charge in [0.25, 0.3) is 0 Å². The molecule has 1 aliphatic carbocycles. The van der Waals surface area contributed by atoms with Crippen molar-refractivity contribution in [3.05, 3.63) is 0 Å². The molecule has 0 bridgehead atoms. The van der Waals surface area contributed by atoms with E-state index >= 15 is 0 Å². The molecular weight excluding hydrogens is 210 g/mol. The number of nitrogens with two attached hydrogens (primary N) is 1. The second-order valence-electron chi connectivity index (χ2n) is 6.24. The molecule has 0 radical (unpaired) electrons. The van der Waals surface area contributed by atoms with E-state index in [-0.39, 0.29) is 0 Å². The maximum Gasteiger partial charge on any atom is 0.0113 e. The number of hydrogen-bond donors (Lipinski definition) is 1. The minimum Gasteiger partial charge on any atom is -0.329 e. The summed E-state index contributed by atoms with van der Waals surface area (Å²) < 4.78 is 0. The van der Waals surface area contributed by atoms with Crippen LogP contribution in [0.3, 0.4) is 0 Å². The van der Waals surface area contributed by atoms with Crippen LogP contribution in [0.15, 0.2) is 0 Å². The zero-order valence-corrected chi connectivity index (χ0v) is 11.6. The predicted octanol–water partition coefficient (Wildman–Crippen LogP) is 1.39. The van der Waals surface area contributed by atoms with Gasteiger partial charge in [-0.1, -0.05) is 13.8 Å². The van der Waals surface area contributed by atoms with E-state index in [2.05, 4.69) is 23.6 Å². The van der Waals surface area contributed by atoms with Gasteiger partial charge >= 0.3 is 0 Å². The van der Waals surface area contributed by atoms with Crippen LogP contribution in [0, 0.1) is 11.8 Å². The summed E-state index contributed by atoms with van der Waals surface area (Å²) >= 11 is 0. The van der Waals surface area contributed by atoms with E-state index in [0.717, 1.165) is 31.0 Å². The third kappa shape index (κ3) is 3.67. The first kappa shape index (κ1) is 13.3. The second-order valence-corrected chi connectivity index (χ2v) is 6.24. The monoisotopic (exact) mass is 239 g/mol. The Morgan fingerprint density at radius 2 is 1.53 bits per heavy atom. The van der Waals surface area contributed by atoms with E-state index in [1.165, 1.54) is 45.4 Å². The molecule has 3 nitrogen and oxygen atoms in total. The summed E-state index contributed by atoms with van der Waals surface area (Å²) in [6.07, 6.45) is 4.27. The Morgan fingerprint density at radius 1 is 0.941 bits per heavy atom. The van der Waals surface area contributed by atoms with Gasteiger partial charge in [-0.2, -0.15) is 0 Å². The van der Waals surface area contributed by atoms with Crippen molar-refractivity contribution in [3.63, 3.8) is 0 Å². The molecule has 0 aromatic rings. The van der Waals surface area contributed by atoms with Gasteiger partial charge in [-0.15, -0.1) is 0 Å². The lowest BCUT2D eigenvalue weighted by Crippen LogP contribution is -2.52. The van der Waals surface area contributed by atoms with Crippen molar-refractivity contribution >= 4 is 0 Å². The van der Waals surface area contributed by atoms with Gasteiger partial charge in [-0.3, -0.25) is 9.80 Å². The van der Waals surface area contributed by atoms with E-state index in [9.17, 15) is 0 Å². The Bertz CT molecular complexity index is 214. The molecule has 100 valence electrons. The van der Waals surface area contributed by atoms with Crippen molar-refractivity contribution in [2.75, 3.05) is 39.3 Å². The zero-order valence-electron chi connectivity index (χ0n) is 11.6. The number of hydrogen-bond acceptors (Lipinski definition) is 3. The first-order chi connectivity index (χ1) is 8.19. The molecule has 0 spiro atoms. The fraction of sp³-hybridized carbons (Fsp3) is 1.00. The Balaban J connectivity index is 1.79. The quantitative estimate of drug-likeness (QED) is 0.808. The van der Waals surface area contributed by atoms with Crippen LogP contribution in [0.4, 0.5) is 0 Å². The summed E-state index contributed by atoms with van der Waals surface area (Å²) in [5, 5.41) is 0. The fourth-order valence-electron chi connectivity index (χ4n) is 3.74. The Kier molecular flexibility index (Phi) is 4.83. The first-order valence-electron chi connectivity index (χ1n) is 7.35. The van der Waals surface area contributed by atoms with Gasteiger partial charge in [0, 0.05) is 45.3 Å². The van der Waals surface area contributed by atoms with Crippen molar-refractivity contribution in [1.29, 1.82) is 0 Å². The highest BCUT2D eigenvalue weighted by atomic mass is 15.3. The third-order valence-electron chi connectivity index (χ3n) is 4.52. The SMILES string of the molecule is CC1CC(C)CC(N2CCN(CCN)CC2)C1. The molecule has 2 N–H and O–H groups in total. The molecule has 2 rings (SSSR count). The molecule has 1 saturated heterocycles. The van der Waals surface area contributed by atoms with Gasteiger partial charge in [0.2, 0.25) is 0 Å². The summed E-state index contributed by atoms with van der Waals surface area (Å²) in [5.41, 5.74) is 5.62. The summed E-state index contributed by atoms with van der Waals surface area (Å²) in [7, 11) is 0. The van der Waals surface area contributed by atoms with Gasteiger partial charge in [0.1, 0.15) is 0 Å². The van der Waals surface area contributed by atoms with Crippen molar-refractivity contribution < 1.29 is 0 Å². The molecule has 0 amide bonds. The summed E-state index contributed by atoms with van der Waals surface area (Å²) in [5.74, 6) is 1.84. The van der Waals surface area contributed by atoms with Gasteiger partial charge < -0.3 is 5.73 Å². The predicted molar refractivity (Wildman–Crippen MR) is 73.0 cm³/mol. The van der Waals surface area contributed by atoms with Crippen LogP contribution in [0.2, 0.25) is 0 Å². The maximum atomic E-state index is 5.62. The zero-order chi connectivity index (χ0) is 12.3. The minimum atomic E-state index is 0.803. The maximum absolute atomic E-state index is 5.62. The van der Waals surface area contributed by atoms with Crippen molar-refractivity contribution in [2.45, 2.75) is 39.2 Å². The van der Waals surface area contributed by atoms with Gasteiger partial charge in [-0.05, 0) is 31.1 Å². The molecule has 17 heavy (non-hydrogen) atoms. The van der Waals surface area contributed by atoms with E-state index in [0.29, 0.717) is 0 Å². The summed E-state index contributed by atoms with van der Waals surface area (Å²) in [6.45, 7) is 11.7. The Hall–Kier alpha value is -0.120. The van der Waals surface area contributed by atoms with Crippen LogP contribution in [-0.4, -0.2) is 55.1 Å². The standard InChI is InChI=1S/C14H29N3/c1-12-9-13(2)11-14(10-12)17-7-5-16(4-3-15)6-8-17/h12-14H,3-11,15H2,1-2H3. The van der Waals surface area contributed by atoms with Crippen LogP contribution >= 0.6 is 0 Å². The van der Waals surface area contributed by atoms with Crippen molar-refractivity contribution in [1.82, 2.24) is 9.80 Å². The lowest BCUT2D eigenvalue weighted by atomic mass is 9.79. The lowest BCUT2D eigenvalue weighted by Gasteiger charge is -2.43. The average Bonchev–Trinajstić information content (AvgIpc) is 2.29. The molecule has 3 heteroatoms. The average molecular weight is 239 g/mol. The topological polar surface area (TPSA) is 32.5 Å². The van der Waals surface area contributed by atoms with Crippen LogP contribution < -0.4 is 5.73 Å². The van der Waals surface area contributed by atoms with Crippen LogP contribution in [0.5, 0.6) is 0 Å². The molecule has 0 aromatic heterocycles. The normalized spacial score (nSPS) is 37.2. The molecule has 2 atom stereocenters. The Labute approximate surface area is 106 Å². The number of nitrogens with zero attached hydrogens (tertiary/aromatic N) is 2. The number of piperazine rings is 1. The van der Waals surface area contributed by atoms with E-state index in [4.69, 9.17) is 5.73 Å². The van der Waals surface area contributed by atoms with Crippen molar-refractivity contribution in [3.8, 4) is 0 Å². The largest absolute Gasteiger partial charge is 0.329 e. The van der Waals surface area contributed by atoms with Gasteiger partial charge in [0.05, 0.1) is 0 Å². The van der Waals surface area contributed by atoms with E-state index in [1.807, 2.05) is 0 Å². The molecule has 0 aromatic carbocycles. The molecule has 1 aliphatic heterocycles. The fourth-order valence-corrected chi connectivity index (χ4v) is 3.74. The van der Waals surface area contributed by atoms with Crippen LogP contribution in [0.1, 0.15) is 33.1 Å². The van der Waals surface area contributed by atoms with E-state index in [1.54, 1.807) is 0 Å². The molecule has 2 unspecified atom stereocenters. The van der Waals surface area contributed by atoms with Crippen LogP contribution in [-0.2, 0) is 0 Å². The summed E-state index contributed by atoms with van der Waals surface area (Å²) in [6, 6.07) is 0.855. The lowest BCUT2D eigenvalue weighted by molar-refractivity contribution is 0.0575. The van der Waals surface area contributed by atoms with Crippen molar-refractivity contribution in [2.24, 2.45) is 17.6 Å². The molecular formula is C14H29N3.